The predicted octanol–water partition coefficient (Wildman–Crippen LogP) is -0.572. The molecule has 0 saturated heterocycles. The second kappa shape index (κ2) is 6.00. The van der Waals surface area contributed by atoms with Crippen LogP contribution in [0, 0.1) is 0 Å². The molecule has 0 atom stereocenters. The van der Waals surface area contributed by atoms with Gasteiger partial charge in [0.2, 0.25) is 0 Å². The van der Waals surface area contributed by atoms with Gasteiger partial charge in [-0.1, -0.05) is 18.3 Å². The molecule has 0 aliphatic rings. The molecule has 0 radical (unpaired) electrons. The predicted molar refractivity (Wildman–Crippen MR) is 77.4 cm³/mol. The van der Waals surface area contributed by atoms with E-state index in [-0.39, 0.29) is 12.2 Å². The summed E-state index contributed by atoms with van der Waals surface area (Å²) in [6.07, 6.45) is 0.787. The van der Waals surface area contributed by atoms with Crippen molar-refractivity contribution >= 4 is 17.2 Å². The molecule has 8 nitrogen and oxygen atoms in total. The molecule has 2 heterocycles. The zero-order valence-electron chi connectivity index (χ0n) is 11.9. The van der Waals surface area contributed by atoms with E-state index in [1.807, 2.05) is 6.92 Å². The first-order valence-electron chi connectivity index (χ1n) is 6.30. The summed E-state index contributed by atoms with van der Waals surface area (Å²) in [5.41, 5.74) is -1.05. The molecule has 0 aromatic carbocycles. The molecular weight excluding hydrogens is 294 g/mol. The fourth-order valence-electron chi connectivity index (χ4n) is 1.70. The Morgan fingerprint density at radius 3 is 2.52 bits per heavy atom. The Balaban J connectivity index is 2.18. The van der Waals surface area contributed by atoms with E-state index in [9.17, 15) is 14.4 Å². The Bertz CT molecular complexity index is 789. The Morgan fingerprint density at radius 1 is 1.24 bits per heavy atom. The van der Waals surface area contributed by atoms with Crippen molar-refractivity contribution < 1.29 is 4.79 Å². The van der Waals surface area contributed by atoms with Gasteiger partial charge in [0.1, 0.15) is 15.7 Å². The second-order valence-electron chi connectivity index (χ2n) is 4.39. The van der Waals surface area contributed by atoms with Gasteiger partial charge in [-0.3, -0.25) is 18.7 Å². The molecule has 2 rings (SSSR count). The molecule has 0 saturated carbocycles. The van der Waals surface area contributed by atoms with Crippen molar-refractivity contribution in [2.24, 2.45) is 14.1 Å². The molecule has 1 N–H and O–H groups in total. The smallest absolute Gasteiger partial charge is 0.331 e. The molecular formula is C12H15N5O3S. The van der Waals surface area contributed by atoms with Crippen LogP contribution in [0.4, 0.5) is 0 Å². The minimum atomic E-state index is -0.545. The van der Waals surface area contributed by atoms with Gasteiger partial charge in [-0.05, 0) is 6.42 Å². The fraction of sp³-hybridized carbons (Fsp3) is 0.417. The van der Waals surface area contributed by atoms with E-state index in [2.05, 4.69) is 15.5 Å². The Hall–Kier alpha value is -2.29. The zero-order chi connectivity index (χ0) is 15.6. The number of carbonyl (C=O) groups is 1. The molecule has 2 aromatic rings. The molecule has 9 heteroatoms. The second-order valence-corrected chi connectivity index (χ2v) is 5.54. The van der Waals surface area contributed by atoms with E-state index >= 15 is 0 Å². The Morgan fingerprint density at radius 2 is 1.90 bits per heavy atom. The first-order chi connectivity index (χ1) is 9.93. The zero-order valence-corrected chi connectivity index (χ0v) is 12.7. The summed E-state index contributed by atoms with van der Waals surface area (Å²) < 4.78 is 2.07. The number of hydrogen-bond donors (Lipinski definition) is 1. The van der Waals surface area contributed by atoms with E-state index in [4.69, 9.17) is 0 Å². The highest BCUT2D eigenvalue weighted by Gasteiger charge is 2.14. The van der Waals surface area contributed by atoms with Gasteiger partial charge in [-0.15, -0.1) is 10.2 Å². The SMILES string of the molecule is CCc1nnc(CNC(=O)c2cc(=O)n(C)c(=O)n2C)s1. The molecule has 0 aliphatic heterocycles. The maximum atomic E-state index is 12.1. The molecule has 0 bridgehead atoms. The number of amides is 1. The lowest BCUT2D eigenvalue weighted by atomic mass is 10.3. The average molecular weight is 309 g/mol. The van der Waals surface area contributed by atoms with Crippen LogP contribution >= 0.6 is 11.3 Å². The fourth-order valence-corrected chi connectivity index (χ4v) is 2.42. The normalized spacial score (nSPS) is 10.6. The number of nitrogens with one attached hydrogen (secondary N) is 1. The number of hydrogen-bond acceptors (Lipinski definition) is 6. The molecule has 112 valence electrons. The van der Waals surface area contributed by atoms with Gasteiger partial charge in [0.25, 0.3) is 11.5 Å². The maximum Gasteiger partial charge on any atom is 0.331 e. The van der Waals surface area contributed by atoms with Crippen molar-refractivity contribution in [2.45, 2.75) is 19.9 Å². The summed E-state index contributed by atoms with van der Waals surface area (Å²) in [6, 6.07) is 1.13. The summed E-state index contributed by atoms with van der Waals surface area (Å²) in [5, 5.41) is 12.1. The molecule has 0 unspecified atom stereocenters. The molecule has 0 aliphatic carbocycles. The monoisotopic (exact) mass is 309 g/mol. The highest BCUT2D eigenvalue weighted by Crippen LogP contribution is 2.09. The largest absolute Gasteiger partial charge is 0.344 e. The number of rotatable bonds is 4. The number of carbonyl (C=O) groups excluding carboxylic acids is 1. The van der Waals surface area contributed by atoms with Crippen LogP contribution < -0.4 is 16.6 Å². The maximum absolute atomic E-state index is 12.1. The van der Waals surface area contributed by atoms with Crippen molar-refractivity contribution in [3.8, 4) is 0 Å². The van der Waals surface area contributed by atoms with Crippen molar-refractivity contribution in [1.29, 1.82) is 0 Å². The topological polar surface area (TPSA) is 98.9 Å². The molecule has 21 heavy (non-hydrogen) atoms. The van der Waals surface area contributed by atoms with Crippen molar-refractivity contribution in [1.82, 2.24) is 24.6 Å². The summed E-state index contributed by atoms with van der Waals surface area (Å²) >= 11 is 1.41. The van der Waals surface area contributed by atoms with Crippen LogP contribution in [-0.4, -0.2) is 25.2 Å². The quantitative estimate of drug-likeness (QED) is 0.815. The first kappa shape index (κ1) is 15.1. The molecule has 0 fully saturated rings. The third kappa shape index (κ3) is 3.07. The highest BCUT2D eigenvalue weighted by atomic mass is 32.1. The average Bonchev–Trinajstić information content (AvgIpc) is 2.94. The van der Waals surface area contributed by atoms with Crippen molar-refractivity contribution in [3.63, 3.8) is 0 Å². The summed E-state index contributed by atoms with van der Waals surface area (Å²) in [5.74, 6) is -0.499. The number of aryl methyl sites for hydroxylation is 1. The third-order valence-electron chi connectivity index (χ3n) is 2.97. The van der Waals surface area contributed by atoms with Crippen molar-refractivity contribution in [3.05, 3.63) is 42.6 Å². The summed E-state index contributed by atoms with van der Waals surface area (Å²) in [6.45, 7) is 2.18. The molecule has 2 aromatic heterocycles. The lowest BCUT2D eigenvalue weighted by Crippen LogP contribution is -2.41. The standard InChI is InChI=1S/C12H15N5O3S/c1-4-8-14-15-9(21-8)6-13-11(19)7-5-10(18)17(3)12(20)16(7)2/h5H,4,6H2,1-3H3,(H,13,19). The Labute approximate surface area is 124 Å². The lowest BCUT2D eigenvalue weighted by molar-refractivity contribution is 0.0940. The Kier molecular flexibility index (Phi) is 4.32. The minimum absolute atomic E-state index is 0.0170. The van der Waals surface area contributed by atoms with Crippen LogP contribution in [0.5, 0.6) is 0 Å². The highest BCUT2D eigenvalue weighted by molar-refractivity contribution is 7.11. The summed E-state index contributed by atoms with van der Waals surface area (Å²) in [4.78, 5) is 35.4. The van der Waals surface area contributed by atoms with Gasteiger partial charge in [0, 0.05) is 20.2 Å². The molecule has 0 spiro atoms. The minimum Gasteiger partial charge on any atom is -0.344 e. The van der Waals surface area contributed by atoms with Gasteiger partial charge >= 0.3 is 5.69 Å². The van der Waals surface area contributed by atoms with E-state index < -0.39 is 17.2 Å². The molecule has 1 amide bonds. The van der Waals surface area contributed by atoms with Gasteiger partial charge in [-0.2, -0.15) is 0 Å². The van der Waals surface area contributed by atoms with Gasteiger partial charge in [0.15, 0.2) is 0 Å². The number of nitrogens with zero attached hydrogens (tertiary/aromatic N) is 4. The first-order valence-corrected chi connectivity index (χ1v) is 7.12. The number of aromatic nitrogens is 4. The van der Waals surface area contributed by atoms with Crippen molar-refractivity contribution in [2.75, 3.05) is 0 Å². The van der Waals surface area contributed by atoms with Crippen LogP contribution in [-0.2, 0) is 27.1 Å². The van der Waals surface area contributed by atoms with Crippen LogP contribution in [0.1, 0.15) is 27.4 Å². The van der Waals surface area contributed by atoms with Gasteiger partial charge in [0.05, 0.1) is 6.54 Å². The van der Waals surface area contributed by atoms with E-state index in [1.54, 1.807) is 0 Å². The van der Waals surface area contributed by atoms with Crippen LogP contribution in [0.2, 0.25) is 0 Å². The summed E-state index contributed by atoms with van der Waals surface area (Å²) in [7, 11) is 2.80. The van der Waals surface area contributed by atoms with E-state index in [1.165, 1.54) is 25.4 Å². The van der Waals surface area contributed by atoms with Gasteiger partial charge < -0.3 is 5.32 Å². The van der Waals surface area contributed by atoms with Crippen LogP contribution in [0.25, 0.3) is 0 Å². The van der Waals surface area contributed by atoms with Crippen LogP contribution in [0.3, 0.4) is 0 Å². The third-order valence-corrected chi connectivity index (χ3v) is 4.04. The van der Waals surface area contributed by atoms with Crippen LogP contribution in [0.15, 0.2) is 15.7 Å². The van der Waals surface area contributed by atoms with E-state index in [0.29, 0.717) is 5.01 Å². The van der Waals surface area contributed by atoms with Gasteiger partial charge in [-0.25, -0.2) is 4.79 Å². The van der Waals surface area contributed by atoms with E-state index in [0.717, 1.165) is 26.6 Å². The lowest BCUT2D eigenvalue weighted by Gasteiger charge is -2.08.